The smallest absolute Gasteiger partial charge is 0.109 e. The summed E-state index contributed by atoms with van der Waals surface area (Å²) in [5.74, 6) is 0. The largest absolute Gasteiger partial charge is 0.392 e. The first-order chi connectivity index (χ1) is 3.81. The van der Waals surface area contributed by atoms with Crippen LogP contribution in [0.25, 0.3) is 0 Å². The second-order valence-corrected chi connectivity index (χ2v) is 2.11. The highest BCUT2D eigenvalue weighted by atomic mass is 127. The molecule has 0 bridgehead atoms. The highest BCUT2D eigenvalue weighted by Crippen LogP contribution is 1.92. The van der Waals surface area contributed by atoms with E-state index >= 15 is 0 Å². The zero-order chi connectivity index (χ0) is 6.41. The maximum Gasteiger partial charge on any atom is 0.109 e. The highest BCUT2D eigenvalue weighted by molar-refractivity contribution is 14.1. The van der Waals surface area contributed by atoms with Crippen molar-refractivity contribution in [3.05, 3.63) is 0 Å². The molecule has 0 heterocycles. The van der Waals surface area contributed by atoms with Crippen LogP contribution in [0.2, 0.25) is 0 Å². The van der Waals surface area contributed by atoms with Gasteiger partial charge >= 0.3 is 0 Å². The van der Waals surface area contributed by atoms with Gasteiger partial charge in [-0.15, -0.1) is 0 Å². The third-order valence-corrected chi connectivity index (χ3v) is 1.24. The van der Waals surface area contributed by atoms with Gasteiger partial charge in [0.2, 0.25) is 0 Å². The predicted octanol–water partition coefficient (Wildman–Crippen LogP) is 0.0627. The van der Waals surface area contributed by atoms with Gasteiger partial charge in [-0.25, -0.2) is 0 Å². The summed E-state index contributed by atoms with van der Waals surface area (Å²) in [5.41, 5.74) is 5.10. The summed E-state index contributed by atoms with van der Waals surface area (Å²) in [6.45, 7) is 0.888. The molecule has 0 aromatic heterocycles. The Morgan fingerprint density at radius 3 is 2.75 bits per heavy atom. The summed E-state index contributed by atoms with van der Waals surface area (Å²) in [7, 11) is 0. The molecule has 0 aromatic rings. The molecule has 0 amide bonds. The van der Waals surface area contributed by atoms with Crippen molar-refractivity contribution in [2.75, 3.05) is 13.2 Å². The van der Waals surface area contributed by atoms with E-state index in [0.29, 0.717) is 19.6 Å². The van der Waals surface area contributed by atoms with E-state index in [1.54, 1.807) is 23.0 Å². The maximum atomic E-state index is 8.78. The SMILES string of the molecule is NC[C@H](O)CCOI. The molecule has 0 fully saturated rings. The molecular weight excluding hydrogens is 221 g/mol. The fourth-order valence-electron chi connectivity index (χ4n) is 0.298. The molecule has 0 aliphatic carbocycles. The molecule has 0 unspecified atom stereocenters. The van der Waals surface area contributed by atoms with Gasteiger partial charge in [0.05, 0.1) is 12.7 Å². The lowest BCUT2D eigenvalue weighted by Gasteiger charge is -2.03. The van der Waals surface area contributed by atoms with Crippen LogP contribution in [0.15, 0.2) is 0 Å². The minimum atomic E-state index is -0.398. The molecule has 8 heavy (non-hydrogen) atoms. The molecule has 0 rings (SSSR count). The molecule has 4 heteroatoms. The lowest BCUT2D eigenvalue weighted by molar-refractivity contribution is 0.157. The zero-order valence-corrected chi connectivity index (χ0v) is 6.67. The second kappa shape index (κ2) is 5.74. The van der Waals surface area contributed by atoms with Crippen LogP contribution in [0.1, 0.15) is 6.42 Å². The average Bonchev–Trinajstić information content (AvgIpc) is 1.83. The summed E-state index contributed by atoms with van der Waals surface area (Å²) >= 11 is 1.79. The van der Waals surface area contributed by atoms with Crippen molar-refractivity contribution < 1.29 is 8.17 Å². The summed E-state index contributed by atoms with van der Waals surface area (Å²) in [5, 5.41) is 8.78. The molecule has 3 nitrogen and oxygen atoms in total. The zero-order valence-electron chi connectivity index (χ0n) is 4.51. The molecule has 0 aliphatic rings. The van der Waals surface area contributed by atoms with Crippen molar-refractivity contribution >= 4 is 23.0 Å². The molecule has 0 aliphatic heterocycles. The van der Waals surface area contributed by atoms with E-state index in [1.165, 1.54) is 0 Å². The van der Waals surface area contributed by atoms with Gasteiger partial charge in [0.15, 0.2) is 0 Å². The third kappa shape index (κ3) is 4.76. The van der Waals surface area contributed by atoms with Crippen LogP contribution in [0.3, 0.4) is 0 Å². The molecule has 0 saturated heterocycles. The van der Waals surface area contributed by atoms with E-state index in [-0.39, 0.29) is 0 Å². The van der Waals surface area contributed by atoms with Gasteiger partial charge in [-0.3, -0.25) is 0 Å². The Labute approximate surface area is 62.9 Å². The van der Waals surface area contributed by atoms with Crippen LogP contribution in [0.5, 0.6) is 0 Å². The van der Waals surface area contributed by atoms with E-state index in [2.05, 4.69) is 3.07 Å². The van der Waals surface area contributed by atoms with Crippen LogP contribution in [-0.2, 0) is 3.07 Å². The van der Waals surface area contributed by atoms with Crippen molar-refractivity contribution in [3.8, 4) is 0 Å². The van der Waals surface area contributed by atoms with Crippen molar-refractivity contribution in [3.63, 3.8) is 0 Å². The lowest BCUT2D eigenvalue weighted by Crippen LogP contribution is -2.20. The third-order valence-electron chi connectivity index (χ3n) is 0.800. The van der Waals surface area contributed by atoms with Gasteiger partial charge in [-0.05, 0) is 6.42 Å². The molecule has 0 aromatic carbocycles. The molecule has 50 valence electrons. The minimum absolute atomic E-state index is 0.319. The van der Waals surface area contributed by atoms with Crippen LogP contribution in [0.4, 0.5) is 0 Å². The van der Waals surface area contributed by atoms with Crippen molar-refractivity contribution in [1.29, 1.82) is 0 Å². The summed E-state index contributed by atoms with van der Waals surface area (Å²) in [6, 6.07) is 0. The lowest BCUT2D eigenvalue weighted by atomic mass is 10.3. The van der Waals surface area contributed by atoms with E-state index in [0.717, 1.165) is 0 Å². The van der Waals surface area contributed by atoms with Gasteiger partial charge in [0.25, 0.3) is 0 Å². The number of aliphatic hydroxyl groups excluding tert-OH is 1. The fourth-order valence-corrected chi connectivity index (χ4v) is 0.553. The first-order valence-electron chi connectivity index (χ1n) is 2.43. The number of nitrogens with two attached hydrogens (primary N) is 1. The van der Waals surface area contributed by atoms with E-state index in [9.17, 15) is 0 Å². The van der Waals surface area contributed by atoms with E-state index in [1.807, 2.05) is 0 Å². The van der Waals surface area contributed by atoms with Crippen LogP contribution >= 0.6 is 23.0 Å². The Balaban J connectivity index is 2.86. The first kappa shape index (κ1) is 8.61. The molecule has 0 spiro atoms. The standard InChI is InChI=1S/C4H10INO2/c5-8-2-1-4(7)3-6/h4,7H,1-3,6H2/t4-/m1/s1. The first-order valence-corrected chi connectivity index (χ1v) is 3.31. The van der Waals surface area contributed by atoms with Crippen molar-refractivity contribution in [1.82, 2.24) is 0 Å². The Bertz CT molecular complexity index is 53.3. The number of halogens is 1. The Hall–Kier alpha value is 0.610. The second-order valence-electron chi connectivity index (χ2n) is 1.49. The predicted molar refractivity (Wildman–Crippen MR) is 39.7 cm³/mol. The van der Waals surface area contributed by atoms with Crippen molar-refractivity contribution in [2.24, 2.45) is 5.73 Å². The Morgan fingerprint density at radius 1 is 1.75 bits per heavy atom. The monoisotopic (exact) mass is 231 g/mol. The maximum absolute atomic E-state index is 8.78. The van der Waals surface area contributed by atoms with Crippen LogP contribution < -0.4 is 5.73 Å². The Kier molecular flexibility index (Phi) is 6.18. The number of aliphatic hydroxyl groups is 1. The summed E-state index contributed by atoms with van der Waals surface area (Å²) in [6.07, 6.45) is 0.226. The Morgan fingerprint density at radius 2 is 2.38 bits per heavy atom. The molecule has 0 radical (unpaired) electrons. The number of hydrogen-bond donors (Lipinski definition) is 2. The minimum Gasteiger partial charge on any atom is -0.392 e. The molecule has 1 atom stereocenters. The molecule has 3 N–H and O–H groups in total. The highest BCUT2D eigenvalue weighted by Gasteiger charge is 1.97. The van der Waals surface area contributed by atoms with Crippen LogP contribution in [0, 0.1) is 0 Å². The quantitative estimate of drug-likeness (QED) is 0.673. The normalized spacial score (nSPS) is 13.9. The molecule has 0 saturated carbocycles. The topological polar surface area (TPSA) is 55.5 Å². The number of hydrogen-bond acceptors (Lipinski definition) is 3. The van der Waals surface area contributed by atoms with Gasteiger partial charge in [0, 0.05) is 6.54 Å². The van der Waals surface area contributed by atoms with E-state index in [4.69, 9.17) is 10.8 Å². The van der Waals surface area contributed by atoms with Crippen LogP contribution in [-0.4, -0.2) is 24.4 Å². The molecular formula is C4H10INO2. The average molecular weight is 231 g/mol. The van der Waals surface area contributed by atoms with Gasteiger partial charge in [0.1, 0.15) is 23.0 Å². The summed E-state index contributed by atoms with van der Waals surface area (Å²) < 4.78 is 4.67. The van der Waals surface area contributed by atoms with Gasteiger partial charge in [-0.1, -0.05) is 0 Å². The van der Waals surface area contributed by atoms with Gasteiger partial charge < -0.3 is 13.9 Å². The summed E-state index contributed by atoms with van der Waals surface area (Å²) in [4.78, 5) is 0. The number of rotatable bonds is 4. The fraction of sp³-hybridized carbons (Fsp3) is 1.00. The van der Waals surface area contributed by atoms with E-state index < -0.39 is 6.10 Å². The van der Waals surface area contributed by atoms with Crippen molar-refractivity contribution in [2.45, 2.75) is 12.5 Å². The van der Waals surface area contributed by atoms with Gasteiger partial charge in [-0.2, -0.15) is 0 Å².